The van der Waals surface area contributed by atoms with Gasteiger partial charge in [0.05, 0.1) is 23.6 Å². The second kappa shape index (κ2) is 9.33. The van der Waals surface area contributed by atoms with Crippen molar-refractivity contribution >= 4 is 21.4 Å². The van der Waals surface area contributed by atoms with Crippen molar-refractivity contribution in [2.75, 3.05) is 49.1 Å². The van der Waals surface area contributed by atoms with Crippen LogP contribution in [0.15, 0.2) is 24.4 Å². The number of alkyl halides is 3. The van der Waals surface area contributed by atoms with Crippen LogP contribution in [0.4, 0.5) is 19.0 Å². The average molecular weight is 499 g/mol. The van der Waals surface area contributed by atoms with Crippen LogP contribution >= 0.6 is 0 Å². The number of hydrogen-bond donors (Lipinski definition) is 0. The molecule has 0 N–H and O–H groups in total. The highest BCUT2D eigenvalue weighted by atomic mass is 32.2. The van der Waals surface area contributed by atoms with Gasteiger partial charge in [-0.3, -0.25) is 9.69 Å². The van der Waals surface area contributed by atoms with Gasteiger partial charge in [-0.2, -0.15) is 13.2 Å². The summed E-state index contributed by atoms with van der Waals surface area (Å²) in [5, 5.41) is 0. The van der Waals surface area contributed by atoms with Crippen molar-refractivity contribution in [1.29, 1.82) is 0 Å². The SMILES string of the molecule is Cc1cc(C(=O)CN2CCCN(c3ccc(C(F)(F)F)cn3)CC2)c(C)n1C1CCS(=O)(=O)C1. The van der Waals surface area contributed by atoms with Crippen molar-refractivity contribution in [1.82, 2.24) is 14.5 Å². The highest BCUT2D eigenvalue weighted by molar-refractivity contribution is 7.91. The van der Waals surface area contributed by atoms with Crippen molar-refractivity contribution < 1.29 is 26.4 Å². The maximum atomic E-state index is 13.1. The molecule has 2 aliphatic rings. The summed E-state index contributed by atoms with van der Waals surface area (Å²) in [7, 11) is -3.03. The molecule has 0 aliphatic carbocycles. The molecular weight excluding hydrogens is 469 g/mol. The Kier molecular flexibility index (Phi) is 6.78. The van der Waals surface area contributed by atoms with E-state index in [0.29, 0.717) is 44.0 Å². The van der Waals surface area contributed by atoms with E-state index < -0.39 is 21.6 Å². The molecule has 0 bridgehead atoms. The predicted octanol–water partition coefficient (Wildman–Crippen LogP) is 3.27. The summed E-state index contributed by atoms with van der Waals surface area (Å²) in [4.78, 5) is 21.1. The third-order valence-corrected chi connectivity index (χ3v) is 8.46. The molecule has 2 saturated heterocycles. The molecule has 1 unspecified atom stereocenters. The third kappa shape index (κ3) is 5.30. The largest absolute Gasteiger partial charge is 0.417 e. The van der Waals surface area contributed by atoms with Gasteiger partial charge in [0.1, 0.15) is 5.82 Å². The van der Waals surface area contributed by atoms with Gasteiger partial charge in [-0.05, 0) is 44.9 Å². The Labute approximate surface area is 197 Å². The lowest BCUT2D eigenvalue weighted by atomic mass is 10.1. The minimum Gasteiger partial charge on any atom is -0.355 e. The van der Waals surface area contributed by atoms with Crippen LogP contribution in [-0.4, -0.2) is 72.9 Å². The minimum absolute atomic E-state index is 0.0127. The maximum Gasteiger partial charge on any atom is 0.417 e. The zero-order valence-electron chi connectivity index (χ0n) is 19.3. The van der Waals surface area contributed by atoms with Crippen molar-refractivity contribution in [2.24, 2.45) is 0 Å². The van der Waals surface area contributed by atoms with Crippen molar-refractivity contribution in [3.63, 3.8) is 0 Å². The summed E-state index contributed by atoms with van der Waals surface area (Å²) in [6, 6.07) is 4.15. The van der Waals surface area contributed by atoms with Gasteiger partial charge < -0.3 is 9.47 Å². The van der Waals surface area contributed by atoms with Crippen molar-refractivity contribution in [3.8, 4) is 0 Å². The van der Waals surface area contributed by atoms with Crippen molar-refractivity contribution in [2.45, 2.75) is 38.9 Å². The number of carbonyl (C=O) groups excluding carboxylic acids is 1. The summed E-state index contributed by atoms with van der Waals surface area (Å²) in [6.45, 7) is 6.50. The number of halogens is 3. The molecule has 0 spiro atoms. The average Bonchev–Trinajstić information content (AvgIpc) is 3.15. The van der Waals surface area contributed by atoms with Crippen molar-refractivity contribution in [3.05, 3.63) is 46.9 Å². The van der Waals surface area contributed by atoms with Gasteiger partial charge in [0, 0.05) is 55.4 Å². The lowest BCUT2D eigenvalue weighted by Crippen LogP contribution is -2.34. The first-order chi connectivity index (χ1) is 15.9. The molecule has 0 radical (unpaired) electrons. The van der Waals surface area contributed by atoms with E-state index in [9.17, 15) is 26.4 Å². The summed E-state index contributed by atoms with van der Waals surface area (Å²) in [6.07, 6.45) is -2.24. The Hall–Kier alpha value is -2.40. The fourth-order valence-electron chi connectivity index (χ4n) is 4.99. The first kappa shape index (κ1) is 24.7. The summed E-state index contributed by atoms with van der Waals surface area (Å²) < 4.78 is 64.2. The van der Waals surface area contributed by atoms with Gasteiger partial charge in [0.15, 0.2) is 15.6 Å². The molecule has 2 aromatic rings. The van der Waals surface area contributed by atoms with E-state index in [1.54, 1.807) is 0 Å². The van der Waals surface area contributed by atoms with Gasteiger partial charge in [-0.25, -0.2) is 13.4 Å². The Morgan fingerprint density at radius 3 is 2.53 bits per heavy atom. The topological polar surface area (TPSA) is 75.5 Å². The van der Waals surface area contributed by atoms with Crippen LogP contribution in [-0.2, 0) is 16.0 Å². The van der Waals surface area contributed by atoms with Crippen LogP contribution in [0, 0.1) is 13.8 Å². The monoisotopic (exact) mass is 498 g/mol. The number of rotatable bonds is 5. The number of aromatic nitrogens is 2. The van der Waals surface area contributed by atoms with E-state index in [1.165, 1.54) is 6.07 Å². The third-order valence-electron chi connectivity index (χ3n) is 6.71. The lowest BCUT2D eigenvalue weighted by Gasteiger charge is -2.23. The van der Waals surface area contributed by atoms with Crippen LogP contribution in [0.5, 0.6) is 0 Å². The molecule has 2 aliphatic heterocycles. The van der Waals surface area contributed by atoms with Gasteiger partial charge >= 0.3 is 6.18 Å². The summed E-state index contributed by atoms with van der Waals surface area (Å²) >= 11 is 0. The van der Waals surface area contributed by atoms with E-state index in [4.69, 9.17) is 0 Å². The minimum atomic E-state index is -4.41. The number of aryl methyl sites for hydroxylation is 1. The number of hydrogen-bond acceptors (Lipinski definition) is 6. The zero-order chi connectivity index (χ0) is 24.7. The highest BCUT2D eigenvalue weighted by Gasteiger charge is 2.32. The maximum absolute atomic E-state index is 13.1. The van der Waals surface area contributed by atoms with Crippen LogP contribution < -0.4 is 4.90 Å². The molecule has 1 atom stereocenters. The van der Waals surface area contributed by atoms with Crippen LogP contribution in [0.3, 0.4) is 0 Å². The molecule has 0 amide bonds. The first-order valence-corrected chi connectivity index (χ1v) is 13.2. The second-order valence-corrected chi connectivity index (χ2v) is 11.4. The quantitative estimate of drug-likeness (QED) is 0.589. The van der Waals surface area contributed by atoms with Crippen LogP contribution in [0.2, 0.25) is 0 Å². The summed E-state index contributed by atoms with van der Waals surface area (Å²) in [5.41, 5.74) is 1.53. The Bertz CT molecular complexity index is 1160. The number of carbonyl (C=O) groups is 1. The van der Waals surface area contributed by atoms with Crippen LogP contribution in [0.1, 0.15) is 46.2 Å². The second-order valence-electron chi connectivity index (χ2n) is 9.15. The van der Waals surface area contributed by atoms with E-state index >= 15 is 0 Å². The molecule has 11 heteroatoms. The molecule has 0 aromatic carbocycles. The standard InChI is InChI=1S/C23H29F3N4O3S/c1-16-12-20(17(2)30(16)19-6-11-34(32,33)15-19)21(31)14-28-7-3-8-29(10-9-28)22-5-4-18(13-27-22)23(24,25)26/h4-5,12-13,19H,3,6-11,14-15H2,1-2H3. The molecular formula is C23H29F3N4O3S. The zero-order valence-corrected chi connectivity index (χ0v) is 20.1. The van der Waals surface area contributed by atoms with Gasteiger partial charge in [0.25, 0.3) is 0 Å². The first-order valence-electron chi connectivity index (χ1n) is 11.4. The fourth-order valence-corrected chi connectivity index (χ4v) is 6.69. The van der Waals surface area contributed by atoms with E-state index in [1.807, 2.05) is 29.4 Å². The molecule has 0 saturated carbocycles. The lowest BCUT2D eigenvalue weighted by molar-refractivity contribution is -0.137. The number of sulfone groups is 1. The van der Waals surface area contributed by atoms with E-state index in [2.05, 4.69) is 9.88 Å². The fraction of sp³-hybridized carbons (Fsp3) is 0.565. The molecule has 2 fully saturated rings. The molecule has 2 aromatic heterocycles. The number of anilines is 1. The normalized spacial score (nSPS) is 21.6. The number of pyridine rings is 1. The molecule has 4 heterocycles. The van der Waals surface area contributed by atoms with Gasteiger partial charge in [0.2, 0.25) is 0 Å². The predicted molar refractivity (Wildman–Crippen MR) is 123 cm³/mol. The number of Topliss-reactive ketones (excluding diaryl/α,β-unsaturated/α-hetero) is 1. The van der Waals surface area contributed by atoms with E-state index in [0.717, 1.165) is 30.1 Å². The van der Waals surface area contributed by atoms with Gasteiger partial charge in [-0.15, -0.1) is 0 Å². The Morgan fingerprint density at radius 2 is 1.91 bits per heavy atom. The highest BCUT2D eigenvalue weighted by Crippen LogP contribution is 2.30. The molecule has 4 rings (SSSR count). The Balaban J connectivity index is 1.40. The smallest absolute Gasteiger partial charge is 0.355 e. The van der Waals surface area contributed by atoms with Gasteiger partial charge in [-0.1, -0.05) is 0 Å². The molecule has 186 valence electrons. The molecule has 7 nitrogen and oxygen atoms in total. The molecule has 34 heavy (non-hydrogen) atoms. The number of ketones is 1. The summed E-state index contributed by atoms with van der Waals surface area (Å²) in [5.74, 6) is 0.769. The number of nitrogens with zero attached hydrogens (tertiary/aromatic N) is 4. The van der Waals surface area contributed by atoms with E-state index in [-0.39, 0.29) is 29.9 Å². The Morgan fingerprint density at radius 1 is 1.15 bits per heavy atom. The van der Waals surface area contributed by atoms with Crippen LogP contribution in [0.25, 0.3) is 0 Å².